The zero-order chi connectivity index (χ0) is 29.5. The second-order valence-corrected chi connectivity index (χ2v) is 11.1. The summed E-state index contributed by atoms with van der Waals surface area (Å²) < 4.78 is 22.5. The summed E-state index contributed by atoms with van der Waals surface area (Å²) in [5, 5.41) is 12.0. The average molecular weight is 567 g/mol. The summed E-state index contributed by atoms with van der Waals surface area (Å²) >= 11 is 0. The molecule has 0 saturated carbocycles. The largest absolute Gasteiger partial charge is 0.488 e. The monoisotopic (exact) mass is 566 g/mol. The van der Waals surface area contributed by atoms with Crippen molar-refractivity contribution in [2.75, 3.05) is 6.61 Å². The van der Waals surface area contributed by atoms with Crippen molar-refractivity contribution in [3.05, 3.63) is 65.3 Å². The predicted octanol–water partition coefficient (Wildman–Crippen LogP) is 8.41. The Kier molecular flexibility index (Phi) is 13.2. The number of benzene rings is 1. The van der Waals surface area contributed by atoms with E-state index in [1.165, 1.54) is 38.0 Å². The van der Waals surface area contributed by atoms with Crippen molar-refractivity contribution in [3.8, 4) is 5.75 Å². The molecule has 0 fully saturated rings. The summed E-state index contributed by atoms with van der Waals surface area (Å²) in [4.78, 5) is 24.3. The van der Waals surface area contributed by atoms with E-state index in [4.69, 9.17) is 18.3 Å². The van der Waals surface area contributed by atoms with Crippen LogP contribution in [0.25, 0.3) is 21.9 Å². The van der Waals surface area contributed by atoms with Crippen molar-refractivity contribution in [1.29, 1.82) is 0 Å². The highest BCUT2D eigenvalue weighted by Crippen LogP contribution is 2.35. The van der Waals surface area contributed by atoms with E-state index < -0.39 is 17.3 Å². The van der Waals surface area contributed by atoms with Crippen LogP contribution < -0.4 is 10.4 Å². The minimum absolute atomic E-state index is 0.0735. The Morgan fingerprint density at radius 3 is 2.34 bits per heavy atom. The molecule has 0 aliphatic heterocycles. The Balaban J connectivity index is 1.38. The van der Waals surface area contributed by atoms with Gasteiger partial charge in [0.1, 0.15) is 23.5 Å². The molecule has 0 saturated heterocycles. The molecule has 1 N–H and O–H groups in total. The third-order valence-electron chi connectivity index (χ3n) is 7.08. The van der Waals surface area contributed by atoms with Crippen molar-refractivity contribution >= 4 is 27.9 Å². The fraction of sp³-hybridized carbons (Fsp3) is 0.529. The van der Waals surface area contributed by atoms with Gasteiger partial charge in [0.2, 0.25) is 0 Å². The SMILES string of the molecule is CCCCC/C=C\C/C=C\CCCCCCCC(=O)O[C@@H](COc1c2ccoc2cc2oc(=O)ccc12)C(C)(C)O. The minimum Gasteiger partial charge on any atom is -0.488 e. The molecule has 41 heavy (non-hydrogen) atoms. The van der Waals surface area contributed by atoms with Gasteiger partial charge in [0, 0.05) is 18.6 Å². The number of aliphatic hydroxyl groups is 1. The third kappa shape index (κ3) is 10.9. The van der Waals surface area contributed by atoms with Crippen LogP contribution in [0.15, 0.2) is 68.5 Å². The number of ether oxygens (including phenoxy) is 2. The van der Waals surface area contributed by atoms with Crippen LogP contribution in [-0.4, -0.2) is 29.4 Å². The number of furan rings is 1. The van der Waals surface area contributed by atoms with E-state index in [0.29, 0.717) is 34.1 Å². The fourth-order valence-electron chi connectivity index (χ4n) is 4.61. The van der Waals surface area contributed by atoms with Crippen molar-refractivity contribution < 1.29 is 28.2 Å². The van der Waals surface area contributed by atoms with Gasteiger partial charge in [0.05, 0.1) is 22.6 Å². The third-order valence-corrected chi connectivity index (χ3v) is 7.08. The lowest BCUT2D eigenvalue weighted by molar-refractivity contribution is -0.165. The average Bonchev–Trinajstić information content (AvgIpc) is 3.40. The fourth-order valence-corrected chi connectivity index (χ4v) is 4.61. The highest BCUT2D eigenvalue weighted by molar-refractivity contribution is 6.01. The molecule has 3 aromatic rings. The number of hydrogen-bond acceptors (Lipinski definition) is 7. The number of allylic oxidation sites excluding steroid dienone is 4. The molecule has 0 aliphatic rings. The maximum Gasteiger partial charge on any atom is 0.336 e. The van der Waals surface area contributed by atoms with E-state index in [9.17, 15) is 14.7 Å². The lowest BCUT2D eigenvalue weighted by atomic mass is 10.0. The smallest absolute Gasteiger partial charge is 0.336 e. The van der Waals surface area contributed by atoms with E-state index in [0.717, 1.165) is 44.9 Å². The Morgan fingerprint density at radius 1 is 0.927 bits per heavy atom. The van der Waals surface area contributed by atoms with Crippen molar-refractivity contribution in [1.82, 2.24) is 0 Å². The first kappa shape index (κ1) is 32.2. The molecule has 0 aliphatic carbocycles. The first-order chi connectivity index (χ1) is 19.8. The van der Waals surface area contributed by atoms with Crippen LogP contribution in [-0.2, 0) is 9.53 Å². The molecular formula is C34H46O7. The highest BCUT2D eigenvalue weighted by atomic mass is 16.6. The summed E-state index contributed by atoms with van der Waals surface area (Å²) in [7, 11) is 0. The van der Waals surface area contributed by atoms with E-state index in [1.807, 2.05) is 0 Å². The number of rotatable bonds is 19. The minimum atomic E-state index is -1.32. The molecule has 0 spiro atoms. The van der Waals surface area contributed by atoms with Crippen LogP contribution >= 0.6 is 0 Å². The van der Waals surface area contributed by atoms with Crippen molar-refractivity contribution in [3.63, 3.8) is 0 Å². The second kappa shape index (κ2) is 16.8. The maximum atomic E-state index is 12.6. The van der Waals surface area contributed by atoms with Crippen LogP contribution in [0.1, 0.15) is 97.8 Å². The summed E-state index contributed by atoms with van der Waals surface area (Å²) in [5.41, 5.74) is -0.972. The van der Waals surface area contributed by atoms with E-state index in [2.05, 4.69) is 31.2 Å². The topological polar surface area (TPSA) is 99.1 Å². The molecule has 7 heteroatoms. The molecule has 0 amide bonds. The van der Waals surface area contributed by atoms with Crippen LogP contribution in [0, 0.1) is 0 Å². The highest BCUT2D eigenvalue weighted by Gasteiger charge is 2.32. The Morgan fingerprint density at radius 2 is 1.61 bits per heavy atom. The van der Waals surface area contributed by atoms with Gasteiger partial charge in [-0.25, -0.2) is 4.79 Å². The van der Waals surface area contributed by atoms with E-state index in [-0.39, 0.29) is 12.6 Å². The molecule has 224 valence electrons. The standard InChI is InChI=1S/C34H46O7/c1-4-5-6-7-8-9-10-11-12-13-14-15-16-17-18-19-31(35)41-30(34(2,3)37)25-39-33-26-20-21-32(36)40-29(26)24-28-27(33)22-23-38-28/h8-9,11-12,20-24,30,37H,4-7,10,13-19,25H2,1-3H3/b9-8-,12-11-/t30-/m0/s1. The number of fused-ring (bicyclic) bond motifs is 2. The summed E-state index contributed by atoms with van der Waals surface area (Å²) in [6, 6.07) is 6.33. The zero-order valence-electron chi connectivity index (χ0n) is 24.9. The van der Waals surface area contributed by atoms with E-state index in [1.54, 1.807) is 32.0 Å². The summed E-state index contributed by atoms with van der Waals surface area (Å²) in [5.74, 6) is 0.0813. The van der Waals surface area contributed by atoms with Gasteiger partial charge in [0.15, 0.2) is 6.10 Å². The van der Waals surface area contributed by atoms with Gasteiger partial charge in [-0.2, -0.15) is 0 Å². The molecule has 7 nitrogen and oxygen atoms in total. The molecule has 1 atom stereocenters. The van der Waals surface area contributed by atoms with Crippen molar-refractivity contribution in [2.45, 2.75) is 110 Å². The van der Waals surface area contributed by atoms with Gasteiger partial charge in [-0.1, -0.05) is 63.3 Å². The Labute approximate surface area is 243 Å². The number of hydrogen-bond donors (Lipinski definition) is 1. The van der Waals surface area contributed by atoms with Gasteiger partial charge >= 0.3 is 11.6 Å². The molecule has 0 bridgehead atoms. The lowest BCUT2D eigenvalue weighted by Crippen LogP contribution is -2.43. The number of carbonyl (C=O) groups excluding carboxylic acids is 1. The molecular weight excluding hydrogens is 520 g/mol. The van der Waals surface area contributed by atoms with Crippen LogP contribution in [0.3, 0.4) is 0 Å². The first-order valence-electron chi connectivity index (χ1n) is 15.1. The van der Waals surface area contributed by atoms with Crippen LogP contribution in [0.4, 0.5) is 0 Å². The molecule has 3 rings (SSSR count). The van der Waals surface area contributed by atoms with Crippen molar-refractivity contribution in [2.24, 2.45) is 0 Å². The number of esters is 1. The number of carbonyl (C=O) groups is 1. The molecule has 0 radical (unpaired) electrons. The summed E-state index contributed by atoms with van der Waals surface area (Å²) in [6.07, 6.45) is 22.2. The first-order valence-corrected chi connectivity index (χ1v) is 15.1. The van der Waals surface area contributed by atoms with Gasteiger partial charge in [-0.15, -0.1) is 0 Å². The number of unbranched alkanes of at least 4 members (excludes halogenated alkanes) is 8. The summed E-state index contributed by atoms with van der Waals surface area (Å²) in [6.45, 7) is 5.32. The zero-order valence-corrected chi connectivity index (χ0v) is 24.9. The van der Waals surface area contributed by atoms with Gasteiger partial charge in [-0.05, 0) is 64.5 Å². The van der Waals surface area contributed by atoms with Crippen LogP contribution in [0.5, 0.6) is 5.75 Å². The van der Waals surface area contributed by atoms with E-state index >= 15 is 0 Å². The Bertz CT molecular complexity index is 1320. The van der Waals surface area contributed by atoms with Crippen LogP contribution in [0.2, 0.25) is 0 Å². The maximum absolute atomic E-state index is 12.6. The predicted molar refractivity (Wildman–Crippen MR) is 163 cm³/mol. The molecule has 2 heterocycles. The second-order valence-electron chi connectivity index (χ2n) is 11.1. The quantitative estimate of drug-likeness (QED) is 0.0673. The van der Waals surface area contributed by atoms with Gasteiger partial charge in [0.25, 0.3) is 0 Å². The van der Waals surface area contributed by atoms with Gasteiger partial charge in [-0.3, -0.25) is 4.79 Å². The lowest BCUT2D eigenvalue weighted by Gasteiger charge is -2.29. The van der Waals surface area contributed by atoms with Gasteiger partial charge < -0.3 is 23.4 Å². The Hall–Kier alpha value is -3.32. The molecule has 2 aromatic heterocycles. The molecule has 1 aromatic carbocycles. The molecule has 0 unspecified atom stereocenters. The normalized spacial score (nSPS) is 13.1.